The third kappa shape index (κ3) is 4.67. The first-order chi connectivity index (χ1) is 8.52. The van der Waals surface area contributed by atoms with E-state index in [4.69, 9.17) is 4.74 Å². The molecule has 0 saturated heterocycles. The number of nitrogens with one attached hydrogen (secondary N) is 1. The van der Waals surface area contributed by atoms with Crippen molar-refractivity contribution in [2.75, 3.05) is 44.1 Å². The Morgan fingerprint density at radius 3 is 2.83 bits per heavy atom. The smallest absolute Gasteiger partial charge is 0.149 e. The summed E-state index contributed by atoms with van der Waals surface area (Å²) in [7, 11) is 3.49. The molecule has 0 aromatic carbocycles. The number of likely N-dealkylation sites (N-methyl/N-ethyl adjacent to an activating group) is 1. The molecule has 0 unspecified atom stereocenters. The fourth-order valence-corrected chi connectivity index (χ4v) is 1.53. The van der Waals surface area contributed by atoms with Crippen molar-refractivity contribution in [2.45, 2.75) is 13.8 Å². The van der Waals surface area contributed by atoms with Gasteiger partial charge in [-0.3, -0.25) is 4.79 Å². The summed E-state index contributed by atoms with van der Waals surface area (Å²) in [5.74, 6) is 2.24. The van der Waals surface area contributed by atoms with E-state index in [-0.39, 0.29) is 5.78 Å². The molecule has 1 heterocycles. The van der Waals surface area contributed by atoms with Crippen LogP contribution in [0, 0.1) is 6.92 Å². The molecule has 0 aliphatic rings. The molecule has 6 heteroatoms. The largest absolute Gasteiger partial charge is 0.383 e. The molecule has 1 aromatic rings. The van der Waals surface area contributed by atoms with E-state index in [1.54, 1.807) is 18.9 Å². The first-order valence-corrected chi connectivity index (χ1v) is 5.82. The number of carbonyl (C=O) groups is 1. The predicted molar refractivity (Wildman–Crippen MR) is 71.1 cm³/mol. The zero-order valence-electron chi connectivity index (χ0n) is 11.4. The molecule has 0 fully saturated rings. The second kappa shape index (κ2) is 6.90. The second-order valence-electron chi connectivity index (χ2n) is 4.14. The molecule has 0 amide bonds. The van der Waals surface area contributed by atoms with E-state index in [0.717, 1.165) is 11.6 Å². The number of anilines is 2. The van der Waals surface area contributed by atoms with Crippen LogP contribution in [0.3, 0.4) is 0 Å². The van der Waals surface area contributed by atoms with Gasteiger partial charge in [0.15, 0.2) is 0 Å². The Hall–Kier alpha value is -1.69. The first-order valence-electron chi connectivity index (χ1n) is 5.82. The number of Topliss-reactive ketones (excluding diaryl/α,β-unsaturated/α-hetero) is 1. The number of hydrogen-bond donors (Lipinski definition) is 1. The molecule has 0 atom stereocenters. The van der Waals surface area contributed by atoms with E-state index in [1.807, 2.05) is 20.0 Å². The van der Waals surface area contributed by atoms with Crippen molar-refractivity contribution in [3.8, 4) is 0 Å². The Morgan fingerprint density at radius 2 is 2.22 bits per heavy atom. The average molecular weight is 252 g/mol. The number of methoxy groups -OCH3 is 1. The van der Waals surface area contributed by atoms with Crippen LogP contribution in [-0.4, -0.2) is 49.6 Å². The highest BCUT2D eigenvalue weighted by molar-refractivity contribution is 5.80. The Morgan fingerprint density at radius 1 is 1.50 bits per heavy atom. The van der Waals surface area contributed by atoms with Gasteiger partial charge in [0.1, 0.15) is 23.2 Å². The summed E-state index contributed by atoms with van der Waals surface area (Å²) in [6.07, 6.45) is 0. The molecule has 1 N–H and O–H groups in total. The summed E-state index contributed by atoms with van der Waals surface area (Å²) >= 11 is 0. The van der Waals surface area contributed by atoms with Crippen molar-refractivity contribution >= 4 is 17.4 Å². The van der Waals surface area contributed by atoms with Crippen LogP contribution in [0.4, 0.5) is 11.6 Å². The Balaban J connectivity index is 2.76. The number of rotatable bonds is 7. The Labute approximate surface area is 107 Å². The van der Waals surface area contributed by atoms with Gasteiger partial charge in [0.2, 0.25) is 0 Å². The highest BCUT2D eigenvalue weighted by atomic mass is 16.5. The van der Waals surface area contributed by atoms with Crippen LogP contribution < -0.4 is 10.2 Å². The SMILES string of the molecule is COCCNc1cc(N(C)CC(C)=O)nc(C)n1. The maximum Gasteiger partial charge on any atom is 0.149 e. The molecule has 0 aliphatic carbocycles. The summed E-state index contributed by atoms with van der Waals surface area (Å²) in [6, 6.07) is 1.82. The lowest BCUT2D eigenvalue weighted by atomic mass is 10.4. The van der Waals surface area contributed by atoms with Crippen LogP contribution >= 0.6 is 0 Å². The van der Waals surface area contributed by atoms with Crippen LogP contribution in [0.5, 0.6) is 0 Å². The van der Waals surface area contributed by atoms with Gasteiger partial charge in [-0.1, -0.05) is 0 Å². The Bertz CT molecular complexity index is 409. The van der Waals surface area contributed by atoms with Crippen LogP contribution in [0.1, 0.15) is 12.7 Å². The fourth-order valence-electron chi connectivity index (χ4n) is 1.53. The summed E-state index contributed by atoms with van der Waals surface area (Å²) in [6.45, 7) is 5.02. The van der Waals surface area contributed by atoms with E-state index < -0.39 is 0 Å². The van der Waals surface area contributed by atoms with Crippen molar-refractivity contribution in [2.24, 2.45) is 0 Å². The summed E-state index contributed by atoms with van der Waals surface area (Å²) in [4.78, 5) is 21.5. The molecule has 0 radical (unpaired) electrons. The minimum absolute atomic E-state index is 0.0997. The molecular weight excluding hydrogens is 232 g/mol. The van der Waals surface area contributed by atoms with E-state index in [2.05, 4.69) is 15.3 Å². The lowest BCUT2D eigenvalue weighted by Crippen LogP contribution is -2.25. The lowest BCUT2D eigenvalue weighted by molar-refractivity contribution is -0.115. The maximum absolute atomic E-state index is 11.1. The molecule has 0 bridgehead atoms. The van der Waals surface area contributed by atoms with Gasteiger partial charge in [0.05, 0.1) is 13.2 Å². The van der Waals surface area contributed by atoms with Crippen molar-refractivity contribution in [1.82, 2.24) is 9.97 Å². The molecule has 0 saturated carbocycles. The summed E-state index contributed by atoms with van der Waals surface area (Å²) in [5, 5.41) is 3.15. The molecule has 6 nitrogen and oxygen atoms in total. The van der Waals surface area contributed by atoms with Gasteiger partial charge in [0.25, 0.3) is 0 Å². The molecule has 0 aliphatic heterocycles. The molecule has 0 spiro atoms. The van der Waals surface area contributed by atoms with Crippen LogP contribution in [-0.2, 0) is 9.53 Å². The van der Waals surface area contributed by atoms with Gasteiger partial charge in [-0.25, -0.2) is 9.97 Å². The number of ketones is 1. The molecule has 1 rings (SSSR count). The van der Waals surface area contributed by atoms with Gasteiger partial charge in [-0.2, -0.15) is 0 Å². The number of aryl methyl sites for hydroxylation is 1. The summed E-state index contributed by atoms with van der Waals surface area (Å²) < 4.78 is 4.96. The average Bonchev–Trinajstić information content (AvgIpc) is 2.27. The number of ether oxygens (including phenoxy) is 1. The van der Waals surface area contributed by atoms with E-state index in [9.17, 15) is 4.79 Å². The number of aromatic nitrogens is 2. The first kappa shape index (κ1) is 14.4. The molecule has 100 valence electrons. The minimum Gasteiger partial charge on any atom is -0.383 e. The van der Waals surface area contributed by atoms with Crippen molar-refractivity contribution in [3.05, 3.63) is 11.9 Å². The quantitative estimate of drug-likeness (QED) is 0.726. The van der Waals surface area contributed by atoms with Gasteiger partial charge < -0.3 is 15.0 Å². The van der Waals surface area contributed by atoms with Gasteiger partial charge >= 0.3 is 0 Å². The highest BCUT2D eigenvalue weighted by Gasteiger charge is 2.08. The fraction of sp³-hybridized carbons (Fsp3) is 0.583. The Kier molecular flexibility index (Phi) is 5.51. The van der Waals surface area contributed by atoms with Crippen LogP contribution in [0.25, 0.3) is 0 Å². The van der Waals surface area contributed by atoms with Crippen LogP contribution in [0.15, 0.2) is 6.07 Å². The number of hydrogen-bond acceptors (Lipinski definition) is 6. The number of nitrogens with zero attached hydrogens (tertiary/aromatic N) is 3. The predicted octanol–water partition coefficient (Wildman–Crippen LogP) is 0.869. The highest BCUT2D eigenvalue weighted by Crippen LogP contribution is 2.14. The van der Waals surface area contributed by atoms with Crippen molar-refractivity contribution in [1.29, 1.82) is 0 Å². The monoisotopic (exact) mass is 252 g/mol. The minimum atomic E-state index is 0.0997. The third-order valence-electron chi connectivity index (χ3n) is 2.29. The lowest BCUT2D eigenvalue weighted by Gasteiger charge is -2.17. The second-order valence-corrected chi connectivity index (χ2v) is 4.14. The summed E-state index contributed by atoms with van der Waals surface area (Å²) in [5.41, 5.74) is 0. The van der Waals surface area contributed by atoms with Gasteiger partial charge in [-0.15, -0.1) is 0 Å². The zero-order valence-corrected chi connectivity index (χ0v) is 11.4. The molecule has 1 aromatic heterocycles. The topological polar surface area (TPSA) is 67.3 Å². The standard InChI is InChI=1S/C12H20N4O2/c1-9(17)8-16(3)12-7-11(13-5-6-18-4)14-10(2)15-12/h7H,5-6,8H2,1-4H3,(H,13,14,15). The third-order valence-corrected chi connectivity index (χ3v) is 2.29. The van der Waals surface area contributed by atoms with Gasteiger partial charge in [-0.05, 0) is 13.8 Å². The van der Waals surface area contributed by atoms with Crippen molar-refractivity contribution in [3.63, 3.8) is 0 Å². The van der Waals surface area contributed by atoms with E-state index in [0.29, 0.717) is 25.5 Å². The number of carbonyl (C=O) groups excluding carboxylic acids is 1. The molecular formula is C12H20N4O2. The zero-order chi connectivity index (χ0) is 13.5. The normalized spacial score (nSPS) is 10.2. The van der Waals surface area contributed by atoms with Crippen molar-refractivity contribution < 1.29 is 9.53 Å². The maximum atomic E-state index is 11.1. The van der Waals surface area contributed by atoms with Gasteiger partial charge in [0, 0.05) is 26.8 Å². The van der Waals surface area contributed by atoms with E-state index in [1.165, 1.54) is 0 Å². The van der Waals surface area contributed by atoms with E-state index >= 15 is 0 Å². The molecule has 18 heavy (non-hydrogen) atoms. The van der Waals surface area contributed by atoms with Crippen LogP contribution in [0.2, 0.25) is 0 Å².